The molecule has 1 atom stereocenters. The van der Waals surface area contributed by atoms with Crippen molar-refractivity contribution in [2.75, 3.05) is 6.54 Å². The van der Waals surface area contributed by atoms with E-state index in [1.807, 2.05) is 18.7 Å². The smallest absolute Gasteiger partial charge is 0.245 e. The van der Waals surface area contributed by atoms with E-state index in [2.05, 4.69) is 26.1 Å². The molecule has 0 aromatic rings. The summed E-state index contributed by atoms with van der Waals surface area (Å²) in [5.74, 6) is 0.156. The quantitative estimate of drug-likeness (QED) is 0.813. The van der Waals surface area contributed by atoms with Crippen LogP contribution in [-0.4, -0.2) is 34.8 Å². The zero-order chi connectivity index (χ0) is 13.2. The summed E-state index contributed by atoms with van der Waals surface area (Å²) in [7, 11) is 0. The van der Waals surface area contributed by atoms with Crippen molar-refractivity contribution in [1.29, 1.82) is 0 Å². The molecule has 1 rings (SSSR count). The minimum Gasteiger partial charge on any atom is -0.344 e. The van der Waals surface area contributed by atoms with Gasteiger partial charge in [-0.25, -0.2) is 0 Å². The van der Waals surface area contributed by atoms with Crippen molar-refractivity contribution in [2.45, 2.75) is 59.0 Å². The van der Waals surface area contributed by atoms with Crippen molar-refractivity contribution >= 4 is 11.8 Å². The second kappa shape index (κ2) is 5.07. The molecule has 0 spiro atoms. The van der Waals surface area contributed by atoms with Gasteiger partial charge >= 0.3 is 0 Å². The van der Waals surface area contributed by atoms with Crippen molar-refractivity contribution in [3.05, 3.63) is 0 Å². The minimum absolute atomic E-state index is 0.0218. The van der Waals surface area contributed by atoms with Gasteiger partial charge in [0.15, 0.2) is 0 Å². The molecule has 17 heavy (non-hydrogen) atoms. The number of carbonyl (C=O) groups excluding carboxylic acids is 2. The van der Waals surface area contributed by atoms with Crippen LogP contribution in [0.3, 0.4) is 0 Å². The lowest BCUT2D eigenvalue weighted by Crippen LogP contribution is -2.54. The Morgan fingerprint density at radius 2 is 2.00 bits per heavy atom. The third kappa shape index (κ3) is 2.99. The van der Waals surface area contributed by atoms with Crippen molar-refractivity contribution in [1.82, 2.24) is 10.2 Å². The van der Waals surface area contributed by atoms with Crippen LogP contribution in [0.5, 0.6) is 0 Å². The Kier molecular flexibility index (Phi) is 4.17. The molecule has 1 heterocycles. The van der Waals surface area contributed by atoms with E-state index in [4.69, 9.17) is 0 Å². The predicted molar refractivity (Wildman–Crippen MR) is 67.5 cm³/mol. The van der Waals surface area contributed by atoms with Crippen LogP contribution in [-0.2, 0) is 9.59 Å². The first-order valence-electron chi connectivity index (χ1n) is 6.40. The fraction of sp³-hybridized carbons (Fsp3) is 0.846. The average molecular weight is 240 g/mol. The van der Waals surface area contributed by atoms with Gasteiger partial charge in [0.1, 0.15) is 6.04 Å². The number of carbonyl (C=O) groups is 2. The molecule has 1 fully saturated rings. The lowest BCUT2D eigenvalue weighted by molar-refractivity contribution is -0.139. The van der Waals surface area contributed by atoms with Crippen LogP contribution in [0.25, 0.3) is 0 Å². The summed E-state index contributed by atoms with van der Waals surface area (Å²) < 4.78 is 0. The lowest BCUT2D eigenvalue weighted by atomic mass is 9.96. The Labute approximate surface area is 104 Å². The van der Waals surface area contributed by atoms with E-state index < -0.39 is 0 Å². The molecule has 0 radical (unpaired) electrons. The number of nitrogens with zero attached hydrogens (tertiary/aromatic N) is 1. The molecule has 0 bridgehead atoms. The highest BCUT2D eigenvalue weighted by molar-refractivity contribution is 5.90. The largest absolute Gasteiger partial charge is 0.344 e. The second-order valence-electron chi connectivity index (χ2n) is 5.70. The number of amides is 2. The molecule has 0 saturated carbocycles. The summed E-state index contributed by atoms with van der Waals surface area (Å²) in [6, 6.07) is -0.379. The summed E-state index contributed by atoms with van der Waals surface area (Å²) in [6.07, 6.45) is 1.29. The van der Waals surface area contributed by atoms with Crippen LogP contribution in [0.2, 0.25) is 0 Å². The van der Waals surface area contributed by atoms with Gasteiger partial charge in [-0.1, -0.05) is 20.8 Å². The molecular formula is C13H24N2O2. The highest BCUT2D eigenvalue weighted by Crippen LogP contribution is 2.23. The molecule has 2 amide bonds. The molecule has 98 valence electrons. The average Bonchev–Trinajstić information content (AvgIpc) is 2.39. The molecule has 4 heteroatoms. The fourth-order valence-corrected chi connectivity index (χ4v) is 2.04. The summed E-state index contributed by atoms with van der Waals surface area (Å²) in [5.41, 5.74) is -0.184. The Morgan fingerprint density at radius 3 is 2.47 bits per heavy atom. The summed E-state index contributed by atoms with van der Waals surface area (Å²) >= 11 is 0. The summed E-state index contributed by atoms with van der Waals surface area (Å²) in [6.45, 7) is 10.6. The van der Waals surface area contributed by atoms with Crippen LogP contribution >= 0.6 is 0 Å². The molecule has 0 aliphatic carbocycles. The van der Waals surface area contributed by atoms with Crippen LogP contribution in [0.1, 0.15) is 47.5 Å². The zero-order valence-corrected chi connectivity index (χ0v) is 11.5. The van der Waals surface area contributed by atoms with Crippen LogP contribution in [0, 0.1) is 5.92 Å². The monoisotopic (exact) mass is 240 g/mol. The fourth-order valence-electron chi connectivity index (χ4n) is 2.04. The van der Waals surface area contributed by atoms with Gasteiger partial charge in [-0.05, 0) is 26.2 Å². The normalized spacial score (nSPS) is 22.7. The topological polar surface area (TPSA) is 49.4 Å². The Balaban J connectivity index is 2.99. The lowest BCUT2D eigenvalue weighted by Gasteiger charge is -2.39. The van der Waals surface area contributed by atoms with Crippen molar-refractivity contribution in [3.63, 3.8) is 0 Å². The highest BCUT2D eigenvalue weighted by Gasteiger charge is 2.37. The number of hydrogen-bond donors (Lipinski definition) is 1. The maximum Gasteiger partial charge on any atom is 0.245 e. The molecule has 1 saturated heterocycles. The van der Waals surface area contributed by atoms with Gasteiger partial charge in [0.05, 0.1) is 0 Å². The predicted octanol–water partition coefficient (Wildman–Crippen LogP) is 1.55. The van der Waals surface area contributed by atoms with Crippen molar-refractivity contribution in [3.8, 4) is 0 Å². The second-order valence-corrected chi connectivity index (χ2v) is 5.70. The van der Waals surface area contributed by atoms with E-state index in [-0.39, 0.29) is 29.3 Å². The maximum atomic E-state index is 12.4. The van der Waals surface area contributed by atoms with E-state index in [1.54, 1.807) is 0 Å². The van der Waals surface area contributed by atoms with Crippen LogP contribution < -0.4 is 5.32 Å². The molecule has 1 unspecified atom stereocenters. The van der Waals surface area contributed by atoms with E-state index >= 15 is 0 Å². The third-order valence-corrected chi connectivity index (χ3v) is 3.67. The standard InChI is InChI=1S/C13H24N2O2/c1-6-13(4,5)15-8-7-10(16)14-11(9(2)3)12(15)17/h9,11H,6-8H2,1-5H3,(H,14,16). The minimum atomic E-state index is -0.379. The molecule has 1 N–H and O–H groups in total. The number of nitrogens with one attached hydrogen (secondary N) is 1. The van der Waals surface area contributed by atoms with Crippen molar-refractivity contribution in [2.24, 2.45) is 5.92 Å². The molecule has 0 aromatic heterocycles. The van der Waals surface area contributed by atoms with E-state index in [0.717, 1.165) is 6.42 Å². The first-order valence-corrected chi connectivity index (χ1v) is 6.40. The van der Waals surface area contributed by atoms with Crippen LogP contribution in [0.15, 0.2) is 0 Å². The number of hydrogen-bond acceptors (Lipinski definition) is 2. The first-order chi connectivity index (χ1) is 7.79. The molecule has 0 aromatic carbocycles. The van der Waals surface area contributed by atoms with Crippen molar-refractivity contribution < 1.29 is 9.59 Å². The molecule has 4 nitrogen and oxygen atoms in total. The zero-order valence-electron chi connectivity index (χ0n) is 11.5. The number of rotatable bonds is 3. The van der Waals surface area contributed by atoms with Crippen LogP contribution in [0.4, 0.5) is 0 Å². The summed E-state index contributed by atoms with van der Waals surface area (Å²) in [4.78, 5) is 25.9. The van der Waals surface area contributed by atoms with E-state index in [1.165, 1.54) is 0 Å². The summed E-state index contributed by atoms with van der Waals surface area (Å²) in [5, 5.41) is 2.82. The van der Waals surface area contributed by atoms with Gasteiger partial charge in [-0.15, -0.1) is 0 Å². The maximum absolute atomic E-state index is 12.4. The van der Waals surface area contributed by atoms with Gasteiger partial charge in [-0.3, -0.25) is 9.59 Å². The Hall–Kier alpha value is -1.06. The SMILES string of the molecule is CCC(C)(C)N1CCC(=O)NC(C(C)C)C1=O. The van der Waals surface area contributed by atoms with E-state index in [0.29, 0.717) is 13.0 Å². The Morgan fingerprint density at radius 1 is 1.41 bits per heavy atom. The highest BCUT2D eigenvalue weighted by atomic mass is 16.2. The third-order valence-electron chi connectivity index (χ3n) is 3.67. The van der Waals surface area contributed by atoms with Gasteiger partial charge in [0, 0.05) is 18.5 Å². The van der Waals surface area contributed by atoms with Gasteiger partial charge < -0.3 is 10.2 Å². The van der Waals surface area contributed by atoms with Gasteiger partial charge in [-0.2, -0.15) is 0 Å². The molecular weight excluding hydrogens is 216 g/mol. The first kappa shape index (κ1) is 14.0. The molecule has 1 aliphatic rings. The Bertz CT molecular complexity index is 311. The van der Waals surface area contributed by atoms with Gasteiger partial charge in [0.25, 0.3) is 0 Å². The molecule has 1 aliphatic heterocycles. The van der Waals surface area contributed by atoms with Gasteiger partial charge in [0.2, 0.25) is 11.8 Å². The van der Waals surface area contributed by atoms with E-state index in [9.17, 15) is 9.59 Å².